The summed E-state index contributed by atoms with van der Waals surface area (Å²) in [6.07, 6.45) is 3.40. The second kappa shape index (κ2) is 5.15. The van der Waals surface area contributed by atoms with Crippen LogP contribution in [0.1, 0.15) is 34.0 Å². The number of ether oxygens (including phenoxy) is 1. The standard InChI is InChI=1S/C15H17N3O/c1-9-7-12(10(2)11(3)14(9)19-4)13(8-16)15-17-5-6-18-15/h5-7,13H,1-4H3,(H,17,18). The van der Waals surface area contributed by atoms with Crippen molar-refractivity contribution in [1.29, 1.82) is 5.26 Å². The number of nitrogens with one attached hydrogen (secondary N) is 1. The SMILES string of the molecule is COc1c(C)cc(C(C#N)c2ncc[nH]2)c(C)c1C. The van der Waals surface area contributed by atoms with E-state index in [2.05, 4.69) is 16.0 Å². The summed E-state index contributed by atoms with van der Waals surface area (Å²) in [6.45, 7) is 6.02. The predicted octanol–water partition coefficient (Wildman–Crippen LogP) is 3.00. The van der Waals surface area contributed by atoms with Gasteiger partial charge in [0.15, 0.2) is 0 Å². The molecular weight excluding hydrogens is 238 g/mol. The lowest BCUT2D eigenvalue weighted by atomic mass is 9.90. The Hall–Kier alpha value is -2.28. The zero-order valence-corrected chi connectivity index (χ0v) is 11.6. The van der Waals surface area contributed by atoms with Gasteiger partial charge in [-0.1, -0.05) is 6.07 Å². The highest BCUT2D eigenvalue weighted by Gasteiger charge is 2.21. The summed E-state index contributed by atoms with van der Waals surface area (Å²) in [5, 5.41) is 9.44. The third kappa shape index (κ3) is 2.19. The van der Waals surface area contributed by atoms with Gasteiger partial charge in [-0.05, 0) is 43.0 Å². The normalized spacial score (nSPS) is 11.9. The Kier molecular flexibility index (Phi) is 3.57. The van der Waals surface area contributed by atoms with Crippen molar-refractivity contribution in [2.75, 3.05) is 7.11 Å². The highest BCUT2D eigenvalue weighted by Crippen LogP contribution is 2.33. The first-order chi connectivity index (χ1) is 9.10. The maximum atomic E-state index is 9.44. The van der Waals surface area contributed by atoms with Crippen LogP contribution in [0.3, 0.4) is 0 Å². The minimum Gasteiger partial charge on any atom is -0.496 e. The van der Waals surface area contributed by atoms with Crippen molar-refractivity contribution in [3.63, 3.8) is 0 Å². The van der Waals surface area contributed by atoms with Crippen molar-refractivity contribution in [2.45, 2.75) is 26.7 Å². The van der Waals surface area contributed by atoms with E-state index < -0.39 is 0 Å². The third-order valence-electron chi connectivity index (χ3n) is 3.50. The zero-order valence-electron chi connectivity index (χ0n) is 11.6. The molecule has 98 valence electrons. The minimum absolute atomic E-state index is 0.377. The molecular formula is C15H17N3O. The number of hydrogen-bond acceptors (Lipinski definition) is 3. The number of imidazole rings is 1. The molecule has 0 spiro atoms. The van der Waals surface area contributed by atoms with Crippen LogP contribution in [0.15, 0.2) is 18.5 Å². The van der Waals surface area contributed by atoms with Gasteiger partial charge in [-0.15, -0.1) is 0 Å². The van der Waals surface area contributed by atoms with Crippen molar-refractivity contribution in [3.8, 4) is 11.8 Å². The quantitative estimate of drug-likeness (QED) is 0.917. The number of rotatable bonds is 3. The smallest absolute Gasteiger partial charge is 0.129 e. The Morgan fingerprint density at radius 1 is 1.32 bits per heavy atom. The van der Waals surface area contributed by atoms with E-state index in [-0.39, 0.29) is 5.92 Å². The van der Waals surface area contributed by atoms with Gasteiger partial charge in [-0.3, -0.25) is 0 Å². The molecule has 0 bridgehead atoms. The van der Waals surface area contributed by atoms with Crippen molar-refractivity contribution < 1.29 is 4.74 Å². The molecule has 0 amide bonds. The molecule has 1 heterocycles. The molecule has 0 aliphatic rings. The fourth-order valence-corrected chi connectivity index (χ4v) is 2.42. The van der Waals surface area contributed by atoms with Crippen LogP contribution >= 0.6 is 0 Å². The molecule has 1 aromatic carbocycles. The van der Waals surface area contributed by atoms with E-state index in [1.54, 1.807) is 19.5 Å². The van der Waals surface area contributed by atoms with Gasteiger partial charge in [-0.2, -0.15) is 5.26 Å². The first kappa shape index (κ1) is 13.2. The van der Waals surface area contributed by atoms with Gasteiger partial charge < -0.3 is 9.72 Å². The number of aromatic amines is 1. The van der Waals surface area contributed by atoms with Crippen molar-refractivity contribution in [3.05, 3.63) is 46.5 Å². The molecule has 2 aromatic rings. The van der Waals surface area contributed by atoms with Gasteiger partial charge in [0.2, 0.25) is 0 Å². The maximum absolute atomic E-state index is 9.44. The van der Waals surface area contributed by atoms with Crippen molar-refractivity contribution >= 4 is 0 Å². The molecule has 19 heavy (non-hydrogen) atoms. The van der Waals surface area contributed by atoms with Crippen LogP contribution in [0.4, 0.5) is 0 Å². The number of aryl methyl sites for hydroxylation is 1. The van der Waals surface area contributed by atoms with Gasteiger partial charge >= 0.3 is 0 Å². The Morgan fingerprint density at radius 3 is 2.58 bits per heavy atom. The highest BCUT2D eigenvalue weighted by molar-refractivity contribution is 5.52. The first-order valence-electron chi connectivity index (χ1n) is 6.13. The molecule has 0 saturated carbocycles. The molecule has 1 N–H and O–H groups in total. The molecule has 1 aromatic heterocycles. The predicted molar refractivity (Wildman–Crippen MR) is 73.2 cm³/mol. The van der Waals surface area contributed by atoms with Gasteiger partial charge in [0.05, 0.1) is 13.2 Å². The van der Waals surface area contributed by atoms with E-state index in [0.717, 1.165) is 28.0 Å². The molecule has 0 fully saturated rings. The van der Waals surface area contributed by atoms with Crippen LogP contribution in [0.5, 0.6) is 5.75 Å². The summed E-state index contributed by atoms with van der Waals surface area (Å²) in [5.74, 6) is 1.19. The minimum atomic E-state index is -0.377. The van der Waals surface area contributed by atoms with Crippen LogP contribution in [0, 0.1) is 32.1 Å². The Bertz CT molecular complexity index is 624. The Balaban J connectivity index is 2.60. The molecule has 0 saturated heterocycles. The molecule has 0 aliphatic heterocycles. The molecule has 4 heteroatoms. The van der Waals surface area contributed by atoms with Crippen molar-refractivity contribution in [1.82, 2.24) is 9.97 Å². The van der Waals surface area contributed by atoms with Crippen LogP contribution in [-0.4, -0.2) is 17.1 Å². The molecule has 0 aliphatic carbocycles. The van der Waals surface area contributed by atoms with Gasteiger partial charge in [0.1, 0.15) is 17.5 Å². The first-order valence-corrected chi connectivity index (χ1v) is 6.13. The van der Waals surface area contributed by atoms with Gasteiger partial charge in [-0.25, -0.2) is 4.98 Å². The topological polar surface area (TPSA) is 61.7 Å². The lowest BCUT2D eigenvalue weighted by Crippen LogP contribution is -2.06. The summed E-state index contributed by atoms with van der Waals surface area (Å²) in [4.78, 5) is 7.21. The van der Waals surface area contributed by atoms with Crippen molar-refractivity contribution in [2.24, 2.45) is 0 Å². The lowest BCUT2D eigenvalue weighted by molar-refractivity contribution is 0.408. The zero-order chi connectivity index (χ0) is 14.0. The van der Waals surface area contributed by atoms with Gasteiger partial charge in [0.25, 0.3) is 0 Å². The number of benzene rings is 1. The maximum Gasteiger partial charge on any atom is 0.129 e. The number of aromatic nitrogens is 2. The summed E-state index contributed by atoms with van der Waals surface area (Å²) < 4.78 is 5.41. The van der Waals surface area contributed by atoms with E-state index in [4.69, 9.17) is 4.74 Å². The number of methoxy groups -OCH3 is 1. The monoisotopic (exact) mass is 255 g/mol. The lowest BCUT2D eigenvalue weighted by Gasteiger charge is -2.17. The summed E-state index contributed by atoms with van der Waals surface area (Å²) in [7, 11) is 1.67. The molecule has 4 nitrogen and oxygen atoms in total. The number of hydrogen-bond donors (Lipinski definition) is 1. The Morgan fingerprint density at radius 2 is 2.05 bits per heavy atom. The molecule has 0 radical (unpaired) electrons. The van der Waals surface area contributed by atoms with E-state index in [9.17, 15) is 5.26 Å². The van der Waals surface area contributed by atoms with E-state index in [1.165, 1.54) is 0 Å². The van der Waals surface area contributed by atoms with E-state index in [1.807, 2.05) is 26.8 Å². The largest absolute Gasteiger partial charge is 0.496 e. The average Bonchev–Trinajstić information content (AvgIpc) is 2.90. The second-order valence-corrected chi connectivity index (χ2v) is 4.60. The van der Waals surface area contributed by atoms with E-state index in [0.29, 0.717) is 5.82 Å². The van der Waals surface area contributed by atoms with Gasteiger partial charge in [0, 0.05) is 12.4 Å². The molecule has 1 atom stereocenters. The van der Waals surface area contributed by atoms with Crippen LogP contribution in [0.2, 0.25) is 0 Å². The average molecular weight is 255 g/mol. The fourth-order valence-electron chi connectivity index (χ4n) is 2.42. The highest BCUT2D eigenvalue weighted by atomic mass is 16.5. The number of H-pyrrole nitrogens is 1. The Labute approximate surface area is 113 Å². The number of nitriles is 1. The summed E-state index contributed by atoms with van der Waals surface area (Å²) in [6, 6.07) is 4.33. The third-order valence-corrected chi connectivity index (χ3v) is 3.50. The van der Waals surface area contributed by atoms with E-state index >= 15 is 0 Å². The molecule has 2 rings (SSSR count). The summed E-state index contributed by atoms with van der Waals surface area (Å²) >= 11 is 0. The second-order valence-electron chi connectivity index (χ2n) is 4.60. The fraction of sp³-hybridized carbons (Fsp3) is 0.333. The molecule has 1 unspecified atom stereocenters. The van der Waals surface area contributed by atoms with Crippen LogP contribution in [-0.2, 0) is 0 Å². The number of nitrogens with zero attached hydrogens (tertiary/aromatic N) is 2. The van der Waals surface area contributed by atoms with Crippen LogP contribution in [0.25, 0.3) is 0 Å². The summed E-state index contributed by atoms with van der Waals surface area (Å²) in [5.41, 5.74) is 4.16. The van der Waals surface area contributed by atoms with Crippen LogP contribution < -0.4 is 4.74 Å².